The molecule has 0 aliphatic carbocycles. The van der Waals surface area contributed by atoms with Crippen molar-refractivity contribution in [1.82, 2.24) is 0 Å². The van der Waals surface area contributed by atoms with E-state index >= 15 is 0 Å². The fourth-order valence-corrected chi connectivity index (χ4v) is 12.6. The molecule has 0 spiro atoms. The number of hydrogen-bond acceptors (Lipinski definition) is 0. The summed E-state index contributed by atoms with van der Waals surface area (Å²) in [5, 5.41) is 6.30. The molecule has 4 aromatic rings. The van der Waals surface area contributed by atoms with E-state index < -0.39 is 15.8 Å². The SMILES string of the molecule is CC(C)c1ccccc1P(CCP(c1ccccc1C(C)C)c1ccccc1C(C)C)c1ccccc1C(C)C. The normalized spacial score (nSPS) is 12.1. The number of benzene rings is 4. The minimum atomic E-state index is -0.504. The molecule has 0 aliphatic rings. The molecule has 0 unspecified atom stereocenters. The van der Waals surface area contributed by atoms with Crippen molar-refractivity contribution in [2.45, 2.75) is 79.1 Å². The predicted octanol–water partition coefficient (Wildman–Crippen LogP) is 9.75. The zero-order valence-electron chi connectivity index (χ0n) is 25.9. The van der Waals surface area contributed by atoms with Crippen LogP contribution >= 0.6 is 15.8 Å². The third-order valence-corrected chi connectivity index (χ3v) is 13.6. The molecule has 0 aromatic heterocycles. The molecular weight excluding hydrogens is 518 g/mol. The molecule has 0 radical (unpaired) electrons. The summed E-state index contributed by atoms with van der Waals surface area (Å²) < 4.78 is 0. The Bertz CT molecular complexity index is 1170. The van der Waals surface area contributed by atoms with Gasteiger partial charge >= 0.3 is 0 Å². The van der Waals surface area contributed by atoms with Gasteiger partial charge in [-0.05, 0) is 95.3 Å². The van der Waals surface area contributed by atoms with Crippen LogP contribution in [0.15, 0.2) is 97.1 Å². The molecule has 0 nitrogen and oxygen atoms in total. The van der Waals surface area contributed by atoms with Crippen molar-refractivity contribution in [3.05, 3.63) is 119 Å². The monoisotopic (exact) mass is 566 g/mol. The molecule has 4 rings (SSSR count). The van der Waals surface area contributed by atoms with Crippen LogP contribution in [0.2, 0.25) is 0 Å². The lowest BCUT2D eigenvalue weighted by molar-refractivity contribution is 0.871. The highest BCUT2D eigenvalue weighted by Gasteiger charge is 2.26. The van der Waals surface area contributed by atoms with Crippen LogP contribution in [-0.4, -0.2) is 12.3 Å². The first-order valence-corrected chi connectivity index (χ1v) is 18.2. The molecular formula is C38H48P2. The van der Waals surface area contributed by atoms with Crippen LogP contribution < -0.4 is 21.2 Å². The zero-order valence-corrected chi connectivity index (χ0v) is 27.6. The summed E-state index contributed by atoms with van der Waals surface area (Å²) in [6.45, 7) is 18.8. The molecule has 210 valence electrons. The van der Waals surface area contributed by atoms with Gasteiger partial charge in [-0.1, -0.05) is 152 Å². The van der Waals surface area contributed by atoms with E-state index in [1.807, 2.05) is 0 Å². The van der Waals surface area contributed by atoms with Crippen LogP contribution in [0.4, 0.5) is 0 Å². The summed E-state index contributed by atoms with van der Waals surface area (Å²) in [4.78, 5) is 0. The highest BCUT2D eigenvalue weighted by molar-refractivity contribution is 7.76. The summed E-state index contributed by atoms with van der Waals surface area (Å²) in [6, 6.07) is 37.2. The van der Waals surface area contributed by atoms with Crippen molar-refractivity contribution in [3.63, 3.8) is 0 Å². The van der Waals surface area contributed by atoms with E-state index in [4.69, 9.17) is 0 Å². The van der Waals surface area contributed by atoms with Gasteiger partial charge in [0.25, 0.3) is 0 Å². The topological polar surface area (TPSA) is 0 Å². The minimum absolute atomic E-state index is 0.504. The van der Waals surface area contributed by atoms with Crippen LogP contribution in [0, 0.1) is 0 Å². The van der Waals surface area contributed by atoms with Crippen LogP contribution in [-0.2, 0) is 0 Å². The number of hydrogen-bond donors (Lipinski definition) is 0. The van der Waals surface area contributed by atoms with Crippen LogP contribution in [0.25, 0.3) is 0 Å². The van der Waals surface area contributed by atoms with E-state index in [2.05, 4.69) is 152 Å². The van der Waals surface area contributed by atoms with Crippen LogP contribution in [0.1, 0.15) is 101 Å². The first kappa shape index (κ1) is 30.7. The second kappa shape index (κ2) is 14.1. The highest BCUT2D eigenvalue weighted by Crippen LogP contribution is 2.45. The molecule has 0 saturated carbocycles. The molecule has 0 N–H and O–H groups in total. The smallest absolute Gasteiger partial charge is 0.0160 e. The van der Waals surface area contributed by atoms with Gasteiger partial charge in [0.05, 0.1) is 0 Å². The van der Waals surface area contributed by atoms with Gasteiger partial charge in [0, 0.05) is 0 Å². The van der Waals surface area contributed by atoms with Gasteiger partial charge in [-0.25, -0.2) is 0 Å². The number of rotatable bonds is 11. The van der Waals surface area contributed by atoms with Crippen molar-refractivity contribution in [2.75, 3.05) is 12.3 Å². The fourth-order valence-electron chi connectivity index (χ4n) is 5.83. The fraction of sp³-hybridized carbons (Fsp3) is 0.368. The summed E-state index contributed by atoms with van der Waals surface area (Å²) in [5.41, 5.74) is 6.06. The van der Waals surface area contributed by atoms with Gasteiger partial charge in [0.15, 0.2) is 0 Å². The predicted molar refractivity (Wildman–Crippen MR) is 184 cm³/mol. The molecule has 0 aliphatic heterocycles. The first-order valence-electron chi connectivity index (χ1n) is 15.1. The van der Waals surface area contributed by atoms with Gasteiger partial charge in [0.1, 0.15) is 0 Å². The van der Waals surface area contributed by atoms with E-state index in [1.165, 1.54) is 34.6 Å². The first-order chi connectivity index (χ1) is 19.2. The Balaban J connectivity index is 1.88. The molecule has 0 saturated heterocycles. The van der Waals surface area contributed by atoms with Gasteiger partial charge in [-0.3, -0.25) is 0 Å². The van der Waals surface area contributed by atoms with E-state index in [-0.39, 0.29) is 0 Å². The quantitative estimate of drug-likeness (QED) is 0.159. The van der Waals surface area contributed by atoms with Crippen LogP contribution in [0.5, 0.6) is 0 Å². The molecule has 0 bridgehead atoms. The van der Waals surface area contributed by atoms with Gasteiger partial charge in [-0.15, -0.1) is 0 Å². The molecule has 4 aromatic carbocycles. The lowest BCUT2D eigenvalue weighted by atomic mass is 10.0. The lowest BCUT2D eigenvalue weighted by Crippen LogP contribution is -2.26. The van der Waals surface area contributed by atoms with E-state index in [9.17, 15) is 0 Å². The Morgan fingerprint density at radius 3 is 0.750 bits per heavy atom. The molecule has 0 fully saturated rings. The Kier molecular flexibility index (Phi) is 10.8. The van der Waals surface area contributed by atoms with Crippen LogP contribution in [0.3, 0.4) is 0 Å². The largest absolute Gasteiger partial charge is 0.0619 e. The second-order valence-electron chi connectivity index (χ2n) is 12.2. The molecule has 0 atom stereocenters. The van der Waals surface area contributed by atoms with E-state index in [1.54, 1.807) is 21.2 Å². The van der Waals surface area contributed by atoms with Gasteiger partial charge in [0.2, 0.25) is 0 Å². The summed E-state index contributed by atoms with van der Waals surface area (Å²) in [6.07, 6.45) is 2.40. The van der Waals surface area contributed by atoms with Gasteiger partial charge in [-0.2, -0.15) is 0 Å². The molecule has 0 heterocycles. The van der Waals surface area contributed by atoms with Crippen molar-refractivity contribution in [3.8, 4) is 0 Å². The highest BCUT2D eigenvalue weighted by atomic mass is 31.1. The van der Waals surface area contributed by atoms with E-state index in [0.29, 0.717) is 23.7 Å². The summed E-state index contributed by atoms with van der Waals surface area (Å²) in [5.74, 6) is 2.05. The average Bonchev–Trinajstić information content (AvgIpc) is 2.95. The molecule has 0 amide bonds. The zero-order chi connectivity index (χ0) is 28.8. The summed E-state index contributed by atoms with van der Waals surface area (Å²) >= 11 is 0. The van der Waals surface area contributed by atoms with E-state index in [0.717, 1.165) is 0 Å². The van der Waals surface area contributed by atoms with Gasteiger partial charge < -0.3 is 0 Å². The standard InChI is InChI=1S/C38H48P2/c1-27(2)31-17-9-13-21-35(31)39(36-22-14-10-18-32(36)28(3)4)25-26-40(37-23-15-11-19-33(37)29(5)6)38-24-16-12-20-34(38)30(7)8/h9-24,27-30H,25-26H2,1-8H3. The van der Waals surface area contributed by atoms with Crippen molar-refractivity contribution in [1.29, 1.82) is 0 Å². The second-order valence-corrected chi connectivity index (χ2v) is 16.7. The maximum absolute atomic E-state index is 2.44. The Hall–Kier alpha value is -2.26. The molecule has 2 heteroatoms. The van der Waals surface area contributed by atoms with Crippen molar-refractivity contribution >= 4 is 37.1 Å². The third kappa shape index (κ3) is 6.96. The van der Waals surface area contributed by atoms with Crippen molar-refractivity contribution < 1.29 is 0 Å². The minimum Gasteiger partial charge on any atom is -0.0619 e. The maximum atomic E-state index is 2.44. The lowest BCUT2D eigenvalue weighted by Gasteiger charge is -2.30. The van der Waals surface area contributed by atoms with Crippen molar-refractivity contribution in [2.24, 2.45) is 0 Å². The Morgan fingerprint density at radius 1 is 0.350 bits per heavy atom. The average molecular weight is 567 g/mol. The summed E-state index contributed by atoms with van der Waals surface area (Å²) in [7, 11) is -1.01. The maximum Gasteiger partial charge on any atom is -0.0160 e. The molecule has 40 heavy (non-hydrogen) atoms. The Morgan fingerprint density at radius 2 is 0.550 bits per heavy atom. The Labute approximate surface area is 247 Å². The third-order valence-electron chi connectivity index (χ3n) is 7.95.